The van der Waals surface area contributed by atoms with Gasteiger partial charge in [-0.1, -0.05) is 24.3 Å². The summed E-state index contributed by atoms with van der Waals surface area (Å²) in [5.74, 6) is -1.14. The average molecular weight is 321 g/mol. The standard InChI is InChI=1S/C8H5NO3.C6H6O3S/c10-5-3-1-2-4-6(5)8(12)9-7(4)11;7-10(8,9)6-4-2-1-3-5-6/h1-3,10H,(H,9,11,12);1-5H,(H,7,8,9). The Morgan fingerprint density at radius 1 is 0.864 bits per heavy atom. The molecule has 0 radical (unpaired) electrons. The van der Waals surface area contributed by atoms with Gasteiger partial charge < -0.3 is 5.11 Å². The van der Waals surface area contributed by atoms with Gasteiger partial charge in [-0.15, -0.1) is 0 Å². The summed E-state index contributed by atoms with van der Waals surface area (Å²) in [6.07, 6.45) is 0. The summed E-state index contributed by atoms with van der Waals surface area (Å²) in [6, 6.07) is 11.8. The Morgan fingerprint density at radius 3 is 2.00 bits per heavy atom. The van der Waals surface area contributed by atoms with E-state index in [4.69, 9.17) is 4.55 Å². The molecular weight excluding hydrogens is 310 g/mol. The number of aromatic hydroxyl groups is 1. The van der Waals surface area contributed by atoms with Gasteiger partial charge in [0.15, 0.2) is 0 Å². The van der Waals surface area contributed by atoms with E-state index in [1.807, 2.05) is 0 Å². The molecule has 0 aromatic heterocycles. The summed E-state index contributed by atoms with van der Waals surface area (Å²) in [7, 11) is -4.00. The first-order valence-corrected chi connectivity index (χ1v) is 7.45. The van der Waals surface area contributed by atoms with E-state index in [0.717, 1.165) is 0 Å². The number of rotatable bonds is 1. The smallest absolute Gasteiger partial charge is 0.294 e. The number of phenols is 1. The first kappa shape index (κ1) is 15.7. The van der Waals surface area contributed by atoms with Gasteiger partial charge >= 0.3 is 0 Å². The molecule has 114 valence electrons. The van der Waals surface area contributed by atoms with Crippen LogP contribution in [-0.4, -0.2) is 29.9 Å². The highest BCUT2D eigenvalue weighted by molar-refractivity contribution is 7.85. The Balaban J connectivity index is 0.000000164. The largest absolute Gasteiger partial charge is 0.507 e. The molecule has 2 aromatic rings. The fourth-order valence-electron chi connectivity index (χ4n) is 1.79. The first-order chi connectivity index (χ1) is 10.3. The number of amides is 2. The number of carbonyl (C=O) groups is 2. The van der Waals surface area contributed by atoms with Crippen molar-refractivity contribution in [3.8, 4) is 5.75 Å². The van der Waals surface area contributed by atoms with E-state index in [-0.39, 0.29) is 21.8 Å². The highest BCUT2D eigenvalue weighted by Gasteiger charge is 2.28. The van der Waals surface area contributed by atoms with Gasteiger partial charge in [0.25, 0.3) is 21.9 Å². The summed E-state index contributed by atoms with van der Waals surface area (Å²) in [6.45, 7) is 0. The minimum absolute atomic E-state index is 0.0718. The Labute approximate surface area is 126 Å². The number of fused-ring (bicyclic) bond motifs is 1. The molecule has 0 fully saturated rings. The molecule has 2 amide bonds. The minimum Gasteiger partial charge on any atom is -0.507 e. The summed E-state index contributed by atoms with van der Waals surface area (Å²) in [4.78, 5) is 21.9. The van der Waals surface area contributed by atoms with Gasteiger partial charge in [0.05, 0.1) is 16.0 Å². The van der Waals surface area contributed by atoms with Crippen molar-refractivity contribution in [1.82, 2.24) is 5.32 Å². The third-order valence-electron chi connectivity index (χ3n) is 2.78. The lowest BCUT2D eigenvalue weighted by Crippen LogP contribution is -2.19. The highest BCUT2D eigenvalue weighted by atomic mass is 32.2. The summed E-state index contributed by atoms with van der Waals surface area (Å²) < 4.78 is 29.2. The lowest BCUT2D eigenvalue weighted by atomic mass is 10.1. The average Bonchev–Trinajstić information content (AvgIpc) is 2.76. The lowest BCUT2D eigenvalue weighted by molar-refractivity contribution is 0.0879. The number of hydrogen-bond acceptors (Lipinski definition) is 5. The summed E-state index contributed by atoms with van der Waals surface area (Å²) in [5, 5.41) is 11.3. The zero-order valence-electron chi connectivity index (χ0n) is 11.1. The van der Waals surface area contributed by atoms with Crippen LogP contribution in [0.25, 0.3) is 0 Å². The Kier molecular flexibility index (Phi) is 4.25. The fraction of sp³-hybridized carbons (Fsp3) is 0. The quantitative estimate of drug-likeness (QED) is 0.536. The van der Waals surface area contributed by atoms with Crippen LogP contribution >= 0.6 is 0 Å². The van der Waals surface area contributed by atoms with Gasteiger partial charge in [0, 0.05) is 0 Å². The number of nitrogens with one attached hydrogen (secondary N) is 1. The van der Waals surface area contributed by atoms with Crippen molar-refractivity contribution >= 4 is 21.9 Å². The Morgan fingerprint density at radius 2 is 1.50 bits per heavy atom. The molecule has 1 aliphatic heterocycles. The van der Waals surface area contributed by atoms with Crippen LogP contribution in [0.1, 0.15) is 20.7 Å². The van der Waals surface area contributed by atoms with Crippen molar-refractivity contribution in [3.63, 3.8) is 0 Å². The van der Waals surface area contributed by atoms with E-state index < -0.39 is 21.9 Å². The second-order valence-electron chi connectivity index (χ2n) is 4.27. The topological polar surface area (TPSA) is 121 Å². The van der Waals surface area contributed by atoms with Gasteiger partial charge in [0.2, 0.25) is 0 Å². The minimum atomic E-state index is -4.00. The van der Waals surface area contributed by atoms with Gasteiger partial charge in [-0.3, -0.25) is 19.5 Å². The molecule has 1 heterocycles. The molecule has 7 nitrogen and oxygen atoms in total. The van der Waals surface area contributed by atoms with E-state index in [9.17, 15) is 23.1 Å². The van der Waals surface area contributed by atoms with E-state index >= 15 is 0 Å². The van der Waals surface area contributed by atoms with Crippen molar-refractivity contribution < 1.29 is 27.7 Å². The van der Waals surface area contributed by atoms with E-state index in [1.165, 1.54) is 30.3 Å². The monoisotopic (exact) mass is 321 g/mol. The Hall–Kier alpha value is -2.71. The molecule has 0 bridgehead atoms. The number of carbonyl (C=O) groups excluding carboxylic acids is 2. The van der Waals surface area contributed by atoms with Crippen molar-refractivity contribution in [2.75, 3.05) is 0 Å². The zero-order chi connectivity index (χ0) is 16.3. The Bertz CT molecular complexity index is 830. The summed E-state index contributed by atoms with van der Waals surface area (Å²) in [5.41, 5.74) is 0.308. The van der Waals surface area contributed by atoms with Crippen molar-refractivity contribution in [3.05, 3.63) is 59.7 Å². The summed E-state index contributed by atoms with van der Waals surface area (Å²) >= 11 is 0. The molecule has 0 saturated heterocycles. The third-order valence-corrected chi connectivity index (χ3v) is 3.65. The van der Waals surface area contributed by atoms with Crippen LogP contribution in [0, 0.1) is 0 Å². The maximum absolute atomic E-state index is 11.0. The number of hydrogen-bond donors (Lipinski definition) is 3. The van der Waals surface area contributed by atoms with Crippen LogP contribution in [0.3, 0.4) is 0 Å². The van der Waals surface area contributed by atoms with Crippen LogP contribution in [0.15, 0.2) is 53.4 Å². The van der Waals surface area contributed by atoms with Crippen LogP contribution < -0.4 is 5.32 Å². The SMILES string of the molecule is O=C1NC(=O)c2c(O)cccc21.O=S(=O)(O)c1ccccc1. The van der Waals surface area contributed by atoms with Gasteiger partial charge in [0.1, 0.15) is 5.75 Å². The molecule has 1 aliphatic rings. The second kappa shape index (κ2) is 5.96. The third kappa shape index (κ3) is 3.30. The predicted octanol–water partition coefficient (Wildman–Crippen LogP) is 1.21. The van der Waals surface area contributed by atoms with Crippen molar-refractivity contribution in [2.24, 2.45) is 0 Å². The van der Waals surface area contributed by atoms with Crippen LogP contribution in [0.2, 0.25) is 0 Å². The molecule has 0 saturated carbocycles. The number of imide groups is 1. The van der Waals surface area contributed by atoms with Gasteiger partial charge in [-0.2, -0.15) is 8.42 Å². The highest BCUT2D eigenvalue weighted by Crippen LogP contribution is 2.24. The molecule has 22 heavy (non-hydrogen) atoms. The normalized spacial score (nSPS) is 13.0. The zero-order valence-corrected chi connectivity index (χ0v) is 11.9. The molecule has 8 heteroatoms. The molecule has 0 spiro atoms. The predicted molar refractivity (Wildman–Crippen MR) is 76.2 cm³/mol. The maximum atomic E-state index is 11.0. The van der Waals surface area contributed by atoms with Gasteiger partial charge in [-0.25, -0.2) is 0 Å². The molecule has 3 rings (SSSR count). The molecule has 3 N–H and O–H groups in total. The van der Waals surface area contributed by atoms with E-state index in [0.29, 0.717) is 0 Å². The number of phenolic OH excluding ortho intramolecular Hbond substituents is 1. The van der Waals surface area contributed by atoms with Crippen molar-refractivity contribution in [1.29, 1.82) is 0 Å². The van der Waals surface area contributed by atoms with Gasteiger partial charge in [-0.05, 0) is 24.3 Å². The fourth-order valence-corrected chi connectivity index (χ4v) is 2.29. The molecule has 0 unspecified atom stereocenters. The molecular formula is C14H11NO6S. The van der Waals surface area contributed by atoms with E-state index in [2.05, 4.69) is 5.32 Å². The lowest BCUT2D eigenvalue weighted by Gasteiger charge is -1.95. The number of benzene rings is 2. The molecule has 0 aliphatic carbocycles. The molecule has 0 atom stereocenters. The van der Waals surface area contributed by atoms with Crippen LogP contribution in [0.5, 0.6) is 5.75 Å². The van der Waals surface area contributed by atoms with Crippen molar-refractivity contribution in [2.45, 2.75) is 4.90 Å². The van der Waals surface area contributed by atoms with Crippen LogP contribution in [-0.2, 0) is 10.1 Å². The van der Waals surface area contributed by atoms with Crippen LogP contribution in [0.4, 0.5) is 0 Å². The molecule has 2 aromatic carbocycles. The second-order valence-corrected chi connectivity index (χ2v) is 5.69. The first-order valence-electron chi connectivity index (χ1n) is 6.01. The van der Waals surface area contributed by atoms with E-state index in [1.54, 1.807) is 18.2 Å². The maximum Gasteiger partial charge on any atom is 0.294 e.